The maximum Gasteiger partial charge on any atom is 0.272 e. The first-order chi connectivity index (χ1) is 11.4. The molecule has 0 bridgehead atoms. The lowest BCUT2D eigenvalue weighted by molar-refractivity contribution is -0.384. The molecule has 0 aliphatic rings. The summed E-state index contributed by atoms with van der Waals surface area (Å²) in [6.45, 7) is 1.82. The molecule has 8 nitrogen and oxygen atoms in total. The van der Waals surface area contributed by atoms with Gasteiger partial charge in [-0.15, -0.1) is 0 Å². The van der Waals surface area contributed by atoms with Crippen LogP contribution in [-0.4, -0.2) is 21.0 Å². The van der Waals surface area contributed by atoms with Crippen LogP contribution in [0.25, 0.3) is 10.9 Å². The van der Waals surface area contributed by atoms with E-state index in [4.69, 9.17) is 17.3 Å². The number of fused-ring (bicyclic) bond motifs is 1. The number of aryl methyl sites for hydroxylation is 1. The summed E-state index contributed by atoms with van der Waals surface area (Å²) in [4.78, 5) is 22.8. The van der Waals surface area contributed by atoms with E-state index in [0.717, 1.165) is 28.6 Å². The zero-order valence-corrected chi connectivity index (χ0v) is 13.2. The SMILES string of the molecule is Cc1cc2cn[nH]c2cc1NC(=O)c1cc([N+](=O)[O-])cc(N)c1Cl. The Morgan fingerprint density at radius 3 is 2.83 bits per heavy atom. The number of nitrogens with one attached hydrogen (secondary N) is 2. The predicted octanol–water partition coefficient (Wildman–Crippen LogP) is 3.27. The molecule has 1 heterocycles. The number of hydrogen-bond acceptors (Lipinski definition) is 5. The molecule has 0 radical (unpaired) electrons. The maximum atomic E-state index is 12.5. The van der Waals surface area contributed by atoms with Crippen molar-refractivity contribution in [1.82, 2.24) is 10.2 Å². The highest BCUT2D eigenvalue weighted by atomic mass is 35.5. The van der Waals surface area contributed by atoms with Gasteiger partial charge in [0.05, 0.1) is 32.9 Å². The number of nitro groups is 1. The molecule has 0 unspecified atom stereocenters. The number of aromatic nitrogens is 2. The minimum Gasteiger partial charge on any atom is -0.397 e. The van der Waals surface area contributed by atoms with Gasteiger partial charge in [-0.25, -0.2) is 0 Å². The summed E-state index contributed by atoms with van der Waals surface area (Å²) in [5, 5.41) is 21.2. The maximum absolute atomic E-state index is 12.5. The summed E-state index contributed by atoms with van der Waals surface area (Å²) < 4.78 is 0. The molecule has 0 spiro atoms. The number of non-ortho nitro benzene ring substituents is 1. The first kappa shape index (κ1) is 15.8. The van der Waals surface area contributed by atoms with Gasteiger partial charge in [0.1, 0.15) is 0 Å². The van der Waals surface area contributed by atoms with Crippen LogP contribution in [0.1, 0.15) is 15.9 Å². The normalized spacial score (nSPS) is 10.8. The Labute approximate surface area is 140 Å². The molecule has 0 aliphatic carbocycles. The van der Waals surface area contributed by atoms with Crippen molar-refractivity contribution in [2.45, 2.75) is 6.92 Å². The summed E-state index contributed by atoms with van der Waals surface area (Å²) in [6.07, 6.45) is 1.67. The highest BCUT2D eigenvalue weighted by Gasteiger charge is 2.19. The average Bonchev–Trinajstić information content (AvgIpc) is 2.96. The fraction of sp³-hybridized carbons (Fsp3) is 0.0667. The van der Waals surface area contributed by atoms with E-state index in [1.807, 2.05) is 13.0 Å². The third-order valence-electron chi connectivity index (χ3n) is 3.57. The molecule has 24 heavy (non-hydrogen) atoms. The van der Waals surface area contributed by atoms with Gasteiger partial charge >= 0.3 is 0 Å². The number of nitrogen functional groups attached to an aromatic ring is 1. The molecule has 2 aromatic carbocycles. The summed E-state index contributed by atoms with van der Waals surface area (Å²) in [7, 11) is 0. The van der Waals surface area contributed by atoms with E-state index in [2.05, 4.69) is 15.5 Å². The van der Waals surface area contributed by atoms with Crippen molar-refractivity contribution in [1.29, 1.82) is 0 Å². The second-order valence-electron chi connectivity index (χ2n) is 5.23. The molecule has 0 saturated carbocycles. The van der Waals surface area contributed by atoms with Gasteiger partial charge in [0, 0.05) is 23.2 Å². The van der Waals surface area contributed by atoms with Crippen molar-refractivity contribution in [3.05, 3.63) is 56.7 Å². The monoisotopic (exact) mass is 345 g/mol. The second kappa shape index (κ2) is 5.82. The Bertz CT molecular complexity index is 983. The van der Waals surface area contributed by atoms with Crippen LogP contribution in [0.5, 0.6) is 0 Å². The highest BCUT2D eigenvalue weighted by molar-refractivity contribution is 6.37. The molecule has 0 aliphatic heterocycles. The average molecular weight is 346 g/mol. The van der Waals surface area contributed by atoms with E-state index >= 15 is 0 Å². The van der Waals surface area contributed by atoms with Crippen LogP contribution in [0.15, 0.2) is 30.5 Å². The van der Waals surface area contributed by atoms with Gasteiger partial charge in [-0.1, -0.05) is 11.6 Å². The molecule has 0 saturated heterocycles. The molecule has 0 atom stereocenters. The minimum absolute atomic E-state index is 0.0293. The lowest BCUT2D eigenvalue weighted by Crippen LogP contribution is -2.14. The van der Waals surface area contributed by atoms with E-state index in [-0.39, 0.29) is 22.0 Å². The number of halogens is 1. The Morgan fingerprint density at radius 1 is 1.38 bits per heavy atom. The smallest absolute Gasteiger partial charge is 0.272 e. The number of amides is 1. The van der Waals surface area contributed by atoms with Crippen LogP contribution < -0.4 is 11.1 Å². The molecule has 9 heteroatoms. The number of hydrogen-bond donors (Lipinski definition) is 3. The van der Waals surface area contributed by atoms with Gasteiger partial charge in [0.2, 0.25) is 0 Å². The Balaban J connectivity index is 1.99. The molecule has 3 aromatic rings. The molecule has 0 fully saturated rings. The quantitative estimate of drug-likeness (QED) is 0.381. The molecular formula is C15H12ClN5O3. The number of carbonyl (C=O) groups is 1. The lowest BCUT2D eigenvalue weighted by Gasteiger charge is -2.11. The minimum atomic E-state index is -0.634. The Morgan fingerprint density at radius 2 is 2.12 bits per heavy atom. The number of nitrogens with zero attached hydrogens (tertiary/aromatic N) is 2. The van der Waals surface area contributed by atoms with Crippen molar-refractivity contribution in [2.24, 2.45) is 0 Å². The lowest BCUT2D eigenvalue weighted by atomic mass is 10.1. The molecule has 3 rings (SSSR count). The third-order valence-corrected chi connectivity index (χ3v) is 4.00. The first-order valence-electron chi connectivity index (χ1n) is 6.85. The summed E-state index contributed by atoms with van der Waals surface area (Å²) in [6, 6.07) is 5.79. The number of carbonyl (C=O) groups excluding carboxylic acids is 1. The first-order valence-corrected chi connectivity index (χ1v) is 7.23. The van der Waals surface area contributed by atoms with Crippen LogP contribution in [0.4, 0.5) is 17.1 Å². The molecule has 1 amide bonds. The van der Waals surface area contributed by atoms with E-state index in [1.165, 1.54) is 0 Å². The zero-order valence-electron chi connectivity index (χ0n) is 12.5. The van der Waals surface area contributed by atoms with Gasteiger partial charge in [-0.3, -0.25) is 20.0 Å². The van der Waals surface area contributed by atoms with Gasteiger partial charge in [0.15, 0.2) is 0 Å². The Kier molecular flexibility index (Phi) is 3.82. The van der Waals surface area contributed by atoms with Crippen molar-refractivity contribution in [2.75, 3.05) is 11.1 Å². The molecule has 122 valence electrons. The zero-order chi connectivity index (χ0) is 17.4. The van der Waals surface area contributed by atoms with E-state index in [0.29, 0.717) is 5.69 Å². The number of anilines is 2. The fourth-order valence-corrected chi connectivity index (χ4v) is 2.53. The second-order valence-corrected chi connectivity index (χ2v) is 5.61. The Hall–Kier alpha value is -3.13. The predicted molar refractivity (Wildman–Crippen MR) is 91.3 cm³/mol. The number of nitro benzene ring substituents is 1. The number of rotatable bonds is 3. The topological polar surface area (TPSA) is 127 Å². The summed E-state index contributed by atoms with van der Waals surface area (Å²) >= 11 is 6.02. The summed E-state index contributed by atoms with van der Waals surface area (Å²) in [5.74, 6) is -0.586. The third kappa shape index (κ3) is 2.74. The van der Waals surface area contributed by atoms with Crippen molar-refractivity contribution >= 4 is 45.5 Å². The molecular weight excluding hydrogens is 334 g/mol. The van der Waals surface area contributed by atoms with E-state index in [1.54, 1.807) is 12.3 Å². The van der Waals surface area contributed by atoms with Crippen LogP contribution in [0.2, 0.25) is 5.02 Å². The van der Waals surface area contributed by atoms with Gasteiger partial charge in [-0.05, 0) is 24.6 Å². The fourth-order valence-electron chi connectivity index (χ4n) is 2.33. The van der Waals surface area contributed by atoms with Crippen LogP contribution in [-0.2, 0) is 0 Å². The van der Waals surface area contributed by atoms with Crippen LogP contribution >= 0.6 is 11.6 Å². The summed E-state index contributed by atoms with van der Waals surface area (Å²) in [5.41, 5.74) is 7.36. The number of nitrogens with two attached hydrogens (primary N) is 1. The van der Waals surface area contributed by atoms with Gasteiger partial charge in [0.25, 0.3) is 11.6 Å². The van der Waals surface area contributed by atoms with Gasteiger partial charge in [-0.2, -0.15) is 5.10 Å². The molecule has 4 N–H and O–H groups in total. The largest absolute Gasteiger partial charge is 0.397 e. The highest BCUT2D eigenvalue weighted by Crippen LogP contribution is 2.30. The molecule has 1 aromatic heterocycles. The van der Waals surface area contributed by atoms with Crippen molar-refractivity contribution in [3.63, 3.8) is 0 Å². The van der Waals surface area contributed by atoms with Gasteiger partial charge < -0.3 is 11.1 Å². The van der Waals surface area contributed by atoms with Crippen molar-refractivity contribution < 1.29 is 9.72 Å². The van der Waals surface area contributed by atoms with Crippen molar-refractivity contribution in [3.8, 4) is 0 Å². The standard InChI is InChI=1S/C15H12ClN5O3/c1-7-2-8-6-18-20-13(8)5-12(7)19-15(22)10-3-9(21(23)24)4-11(17)14(10)16/h2-6H,17H2,1H3,(H,18,20)(H,19,22). The van der Waals surface area contributed by atoms with E-state index in [9.17, 15) is 14.9 Å². The number of benzene rings is 2. The van der Waals surface area contributed by atoms with E-state index < -0.39 is 10.8 Å². The van der Waals surface area contributed by atoms with Crippen LogP contribution in [0, 0.1) is 17.0 Å². The van der Waals surface area contributed by atoms with Crippen LogP contribution in [0.3, 0.4) is 0 Å². The number of H-pyrrole nitrogens is 1. The number of aromatic amines is 1.